The van der Waals surface area contributed by atoms with Gasteiger partial charge in [0.1, 0.15) is 18.4 Å². The van der Waals surface area contributed by atoms with Gasteiger partial charge in [-0.25, -0.2) is 12.8 Å². The quantitative estimate of drug-likeness (QED) is 0.343. The molecule has 0 unspecified atom stereocenters. The van der Waals surface area contributed by atoms with E-state index in [9.17, 15) is 22.4 Å². The fourth-order valence-electron chi connectivity index (χ4n) is 5.10. The van der Waals surface area contributed by atoms with Crippen molar-refractivity contribution in [1.82, 2.24) is 10.2 Å². The second-order valence-electron chi connectivity index (χ2n) is 10.1. The molecule has 2 amide bonds. The molecule has 3 aromatic carbocycles. The molecule has 0 spiro atoms. The van der Waals surface area contributed by atoms with Crippen LogP contribution in [0.2, 0.25) is 0 Å². The van der Waals surface area contributed by atoms with E-state index in [1.807, 2.05) is 37.3 Å². The predicted octanol–water partition coefficient (Wildman–Crippen LogP) is 5.28. The van der Waals surface area contributed by atoms with Crippen molar-refractivity contribution < 1.29 is 22.4 Å². The maximum atomic E-state index is 14.0. The normalized spacial score (nSPS) is 14.8. The molecule has 212 valence electrons. The first kappa shape index (κ1) is 29.3. The van der Waals surface area contributed by atoms with E-state index < -0.39 is 34.3 Å². The first-order valence-electron chi connectivity index (χ1n) is 13.8. The summed E-state index contributed by atoms with van der Waals surface area (Å²) in [6.45, 7) is 1.47. The van der Waals surface area contributed by atoms with Gasteiger partial charge in [0.2, 0.25) is 11.8 Å². The number of carbonyl (C=O) groups excluding carboxylic acids is 2. The molecule has 1 N–H and O–H groups in total. The van der Waals surface area contributed by atoms with Gasteiger partial charge in [0.05, 0.1) is 10.6 Å². The van der Waals surface area contributed by atoms with Gasteiger partial charge >= 0.3 is 0 Å². The molecule has 1 aliphatic carbocycles. The van der Waals surface area contributed by atoms with Gasteiger partial charge in [0.15, 0.2) is 0 Å². The third kappa shape index (κ3) is 7.27. The smallest absolute Gasteiger partial charge is 0.264 e. The second-order valence-corrected chi connectivity index (χ2v) is 11.9. The molecule has 1 fully saturated rings. The highest BCUT2D eigenvalue weighted by molar-refractivity contribution is 7.92. The van der Waals surface area contributed by atoms with E-state index in [1.165, 1.54) is 17.0 Å². The first-order valence-corrected chi connectivity index (χ1v) is 15.2. The molecule has 1 aliphatic rings. The van der Waals surface area contributed by atoms with Gasteiger partial charge in [0, 0.05) is 12.6 Å². The maximum Gasteiger partial charge on any atom is 0.264 e. The zero-order chi connectivity index (χ0) is 28.5. The van der Waals surface area contributed by atoms with Crippen molar-refractivity contribution in [3.8, 4) is 0 Å². The Morgan fingerprint density at radius 2 is 1.50 bits per heavy atom. The Morgan fingerprint density at radius 1 is 0.900 bits per heavy atom. The van der Waals surface area contributed by atoms with Crippen molar-refractivity contribution in [2.75, 3.05) is 10.8 Å². The number of benzene rings is 3. The minimum atomic E-state index is -4.23. The highest BCUT2D eigenvalue weighted by Gasteiger charge is 2.34. The first-order chi connectivity index (χ1) is 19.3. The van der Waals surface area contributed by atoms with Crippen LogP contribution >= 0.6 is 0 Å². The van der Waals surface area contributed by atoms with E-state index in [-0.39, 0.29) is 23.4 Å². The molecule has 40 heavy (non-hydrogen) atoms. The van der Waals surface area contributed by atoms with Crippen LogP contribution in [0.4, 0.5) is 10.1 Å². The lowest BCUT2D eigenvalue weighted by Crippen LogP contribution is -2.54. The maximum absolute atomic E-state index is 14.0. The Morgan fingerprint density at radius 3 is 2.10 bits per heavy atom. The van der Waals surface area contributed by atoms with Gasteiger partial charge in [-0.05, 0) is 61.2 Å². The number of carbonyl (C=O) groups is 2. The summed E-state index contributed by atoms with van der Waals surface area (Å²) in [6, 6.07) is 21.4. The molecule has 3 aromatic rings. The molecule has 0 bridgehead atoms. The molecule has 0 aromatic heterocycles. The number of nitrogens with one attached hydrogen (secondary N) is 1. The molecule has 7 nitrogen and oxygen atoms in total. The Hall–Kier alpha value is -3.72. The van der Waals surface area contributed by atoms with Gasteiger partial charge < -0.3 is 10.2 Å². The van der Waals surface area contributed by atoms with Crippen LogP contribution < -0.4 is 9.62 Å². The highest BCUT2D eigenvalue weighted by atomic mass is 32.2. The Balaban J connectivity index is 1.67. The van der Waals surface area contributed by atoms with Crippen LogP contribution in [0, 0.1) is 5.82 Å². The van der Waals surface area contributed by atoms with Gasteiger partial charge in [-0.15, -0.1) is 0 Å². The number of para-hydroxylation sites is 1. The van der Waals surface area contributed by atoms with Crippen molar-refractivity contribution in [3.63, 3.8) is 0 Å². The highest BCUT2D eigenvalue weighted by Crippen LogP contribution is 2.25. The summed E-state index contributed by atoms with van der Waals surface area (Å²) in [7, 11) is -4.23. The topological polar surface area (TPSA) is 86.8 Å². The number of rotatable bonds is 11. The average molecular weight is 566 g/mol. The summed E-state index contributed by atoms with van der Waals surface area (Å²) in [4.78, 5) is 28.9. The Labute approximate surface area is 236 Å². The number of hydrogen-bond acceptors (Lipinski definition) is 4. The lowest BCUT2D eigenvalue weighted by atomic mass is 9.95. The summed E-state index contributed by atoms with van der Waals surface area (Å²) >= 11 is 0. The number of amides is 2. The fraction of sp³-hybridized carbons (Fsp3) is 0.355. The average Bonchev–Trinajstić information content (AvgIpc) is 2.97. The Kier molecular flexibility index (Phi) is 9.93. The van der Waals surface area contributed by atoms with Gasteiger partial charge in [-0.3, -0.25) is 13.9 Å². The number of sulfonamides is 1. The molecule has 0 saturated heterocycles. The molecular formula is C31H36FN3O4S. The zero-order valence-electron chi connectivity index (χ0n) is 22.7. The molecular weight excluding hydrogens is 529 g/mol. The lowest BCUT2D eigenvalue weighted by molar-refractivity contribution is -0.140. The SMILES string of the molecule is CC[C@H](C(=O)NC1CCCCC1)N(Cc1ccccc1)C(=O)CN(c1ccccc1)S(=O)(=O)c1ccc(F)cc1. The van der Waals surface area contributed by atoms with Crippen molar-refractivity contribution in [2.24, 2.45) is 0 Å². The van der Waals surface area contributed by atoms with Crippen molar-refractivity contribution in [1.29, 1.82) is 0 Å². The van der Waals surface area contributed by atoms with Gasteiger partial charge in [0.25, 0.3) is 10.0 Å². The van der Waals surface area contributed by atoms with E-state index in [1.54, 1.807) is 30.3 Å². The Bertz CT molecular complexity index is 1360. The standard InChI is InChI=1S/C31H36FN3O4S/c1-2-29(31(37)33-26-14-8-4-9-15-26)34(22-24-12-6-3-7-13-24)30(36)23-35(27-16-10-5-11-17-27)40(38,39)28-20-18-25(32)19-21-28/h3,5-7,10-13,16-21,26,29H,2,4,8-9,14-15,22-23H2,1H3,(H,33,37)/t29-/m1/s1. The second kappa shape index (κ2) is 13.6. The minimum Gasteiger partial charge on any atom is -0.352 e. The van der Waals surface area contributed by atoms with E-state index >= 15 is 0 Å². The number of hydrogen-bond donors (Lipinski definition) is 1. The van der Waals surface area contributed by atoms with Crippen LogP contribution in [0.3, 0.4) is 0 Å². The summed E-state index contributed by atoms with van der Waals surface area (Å²) in [5.74, 6) is -1.31. The van der Waals surface area contributed by atoms with Crippen LogP contribution in [0.1, 0.15) is 51.0 Å². The van der Waals surface area contributed by atoms with Gasteiger partial charge in [-0.1, -0.05) is 74.7 Å². The molecule has 9 heteroatoms. The van der Waals surface area contributed by atoms with Gasteiger partial charge in [-0.2, -0.15) is 0 Å². The summed E-state index contributed by atoms with van der Waals surface area (Å²) in [6.07, 6.45) is 5.45. The monoisotopic (exact) mass is 565 g/mol. The molecule has 0 heterocycles. The third-order valence-corrected chi connectivity index (χ3v) is 9.05. The van der Waals surface area contributed by atoms with Crippen molar-refractivity contribution >= 4 is 27.5 Å². The van der Waals surface area contributed by atoms with Crippen LogP contribution in [-0.2, 0) is 26.2 Å². The zero-order valence-corrected chi connectivity index (χ0v) is 23.5. The number of halogens is 1. The molecule has 4 rings (SSSR count). The van der Waals surface area contributed by atoms with E-state index in [4.69, 9.17) is 0 Å². The summed E-state index contributed by atoms with van der Waals surface area (Å²) < 4.78 is 42.1. The van der Waals surface area contributed by atoms with Crippen molar-refractivity contribution in [3.05, 3.63) is 96.3 Å². The lowest BCUT2D eigenvalue weighted by Gasteiger charge is -2.34. The van der Waals surface area contributed by atoms with E-state index in [0.717, 1.165) is 54.1 Å². The predicted molar refractivity (Wildman–Crippen MR) is 153 cm³/mol. The number of anilines is 1. The van der Waals surface area contributed by atoms with Crippen LogP contribution in [-0.4, -0.2) is 43.8 Å². The summed E-state index contributed by atoms with van der Waals surface area (Å²) in [5.41, 5.74) is 1.12. The van der Waals surface area contributed by atoms with Crippen LogP contribution in [0.25, 0.3) is 0 Å². The molecule has 1 atom stereocenters. The van der Waals surface area contributed by atoms with Crippen LogP contribution in [0.5, 0.6) is 0 Å². The van der Waals surface area contributed by atoms with E-state index in [2.05, 4.69) is 5.32 Å². The van der Waals surface area contributed by atoms with E-state index in [0.29, 0.717) is 12.1 Å². The summed E-state index contributed by atoms with van der Waals surface area (Å²) in [5, 5.41) is 3.14. The molecule has 1 saturated carbocycles. The third-order valence-electron chi connectivity index (χ3n) is 7.26. The minimum absolute atomic E-state index is 0.0728. The van der Waals surface area contributed by atoms with Crippen molar-refractivity contribution in [2.45, 2.75) is 69.0 Å². The number of nitrogens with zero attached hydrogens (tertiary/aromatic N) is 2. The molecule has 0 radical (unpaired) electrons. The fourth-order valence-corrected chi connectivity index (χ4v) is 6.51. The molecule has 0 aliphatic heterocycles. The van der Waals surface area contributed by atoms with Crippen LogP contribution in [0.15, 0.2) is 89.8 Å². The largest absolute Gasteiger partial charge is 0.352 e.